The van der Waals surface area contributed by atoms with Crippen molar-refractivity contribution in [2.75, 3.05) is 13.7 Å². The lowest BCUT2D eigenvalue weighted by atomic mass is 10.2. The van der Waals surface area contributed by atoms with Crippen molar-refractivity contribution in [1.29, 1.82) is 0 Å². The Kier molecular flexibility index (Phi) is 5.33. The first kappa shape index (κ1) is 12.2. The molecule has 0 amide bonds. The van der Waals surface area contributed by atoms with Gasteiger partial charge in [-0.3, -0.25) is 0 Å². The van der Waals surface area contributed by atoms with Gasteiger partial charge in [0.05, 0.1) is 19.6 Å². The summed E-state index contributed by atoms with van der Waals surface area (Å²) in [6.07, 6.45) is 2.17. The molecule has 0 aliphatic carbocycles. The van der Waals surface area contributed by atoms with Gasteiger partial charge in [0.15, 0.2) is 11.5 Å². The van der Waals surface area contributed by atoms with Crippen molar-refractivity contribution >= 4 is 11.6 Å². The molecule has 0 aliphatic rings. The van der Waals surface area contributed by atoms with Crippen LogP contribution in [-0.4, -0.2) is 13.7 Å². The molecule has 0 spiro atoms. The van der Waals surface area contributed by atoms with Crippen LogP contribution in [0.3, 0.4) is 0 Å². The maximum absolute atomic E-state index is 5.81. The number of hydrogen-bond acceptors (Lipinski definition) is 2. The van der Waals surface area contributed by atoms with Crippen LogP contribution < -0.4 is 9.47 Å². The van der Waals surface area contributed by atoms with Gasteiger partial charge in [-0.25, -0.2) is 0 Å². The van der Waals surface area contributed by atoms with E-state index in [4.69, 9.17) is 21.1 Å². The van der Waals surface area contributed by atoms with E-state index in [0.717, 1.165) is 36.5 Å². The normalized spacial score (nSPS) is 10.1. The van der Waals surface area contributed by atoms with Crippen LogP contribution in [0.4, 0.5) is 0 Å². The predicted octanol–water partition coefficient (Wildman–Crippen LogP) is 3.61. The van der Waals surface area contributed by atoms with Crippen molar-refractivity contribution in [3.05, 3.63) is 23.8 Å². The van der Waals surface area contributed by atoms with Crippen LogP contribution in [-0.2, 0) is 5.88 Å². The Bertz CT molecular complexity index is 300. The minimum absolute atomic E-state index is 0.439. The van der Waals surface area contributed by atoms with Crippen molar-refractivity contribution in [2.45, 2.75) is 25.6 Å². The number of ether oxygens (including phenoxy) is 2. The van der Waals surface area contributed by atoms with E-state index in [1.807, 2.05) is 18.2 Å². The first-order chi connectivity index (χ1) is 7.33. The number of hydrogen-bond donors (Lipinski definition) is 0. The smallest absolute Gasteiger partial charge is 0.165 e. The molecule has 0 saturated heterocycles. The molecule has 0 heterocycles. The third kappa shape index (κ3) is 3.31. The highest BCUT2D eigenvalue weighted by Gasteiger charge is 2.08. The SMILES string of the molecule is CCCCOc1cccc(CCl)c1OC. The number of alkyl halides is 1. The molecule has 0 N–H and O–H groups in total. The second-order valence-corrected chi connectivity index (χ2v) is 3.55. The lowest BCUT2D eigenvalue weighted by Gasteiger charge is -2.12. The fourth-order valence-corrected chi connectivity index (χ4v) is 1.55. The van der Waals surface area contributed by atoms with Crippen molar-refractivity contribution < 1.29 is 9.47 Å². The van der Waals surface area contributed by atoms with Gasteiger partial charge < -0.3 is 9.47 Å². The fourth-order valence-electron chi connectivity index (χ4n) is 1.34. The van der Waals surface area contributed by atoms with E-state index in [2.05, 4.69) is 6.92 Å². The summed E-state index contributed by atoms with van der Waals surface area (Å²) in [7, 11) is 1.64. The standard InChI is InChI=1S/C12H17ClO2/c1-3-4-8-15-11-7-5-6-10(9-13)12(11)14-2/h5-7H,3-4,8-9H2,1-2H3. The molecule has 0 unspecified atom stereocenters. The average Bonchev–Trinajstić information content (AvgIpc) is 2.29. The molecule has 0 atom stereocenters. The Morgan fingerprint density at radius 2 is 2.13 bits per heavy atom. The van der Waals surface area contributed by atoms with Crippen LogP contribution in [0.1, 0.15) is 25.3 Å². The average molecular weight is 229 g/mol. The van der Waals surface area contributed by atoms with E-state index in [9.17, 15) is 0 Å². The first-order valence-electron chi connectivity index (χ1n) is 5.18. The Balaban J connectivity index is 2.76. The molecule has 1 rings (SSSR count). The van der Waals surface area contributed by atoms with Gasteiger partial charge in [0, 0.05) is 5.56 Å². The van der Waals surface area contributed by atoms with Crippen molar-refractivity contribution in [1.82, 2.24) is 0 Å². The van der Waals surface area contributed by atoms with Gasteiger partial charge >= 0.3 is 0 Å². The van der Waals surface area contributed by atoms with Crippen molar-refractivity contribution in [2.24, 2.45) is 0 Å². The molecule has 1 aromatic rings. The number of halogens is 1. The van der Waals surface area contributed by atoms with Gasteiger partial charge in [0.1, 0.15) is 0 Å². The number of rotatable bonds is 6. The van der Waals surface area contributed by atoms with Crippen LogP contribution in [0.25, 0.3) is 0 Å². The Hall–Kier alpha value is -0.890. The number of unbranched alkanes of at least 4 members (excludes halogenated alkanes) is 1. The zero-order valence-corrected chi connectivity index (χ0v) is 10.0. The second-order valence-electron chi connectivity index (χ2n) is 3.28. The molecule has 0 aliphatic heterocycles. The molecule has 0 radical (unpaired) electrons. The van der Waals surface area contributed by atoms with E-state index in [0.29, 0.717) is 5.88 Å². The summed E-state index contributed by atoms with van der Waals surface area (Å²) in [5.41, 5.74) is 0.966. The Morgan fingerprint density at radius 3 is 2.73 bits per heavy atom. The monoisotopic (exact) mass is 228 g/mol. The molecule has 1 aromatic carbocycles. The van der Waals surface area contributed by atoms with Crippen LogP contribution in [0.15, 0.2) is 18.2 Å². The molecule has 0 fully saturated rings. The number of methoxy groups -OCH3 is 1. The molecule has 84 valence electrons. The molecule has 2 nitrogen and oxygen atoms in total. The molecule has 3 heteroatoms. The van der Waals surface area contributed by atoms with Crippen molar-refractivity contribution in [3.63, 3.8) is 0 Å². The molecule has 0 bridgehead atoms. The zero-order chi connectivity index (χ0) is 11.1. The van der Waals surface area contributed by atoms with E-state index in [-0.39, 0.29) is 0 Å². The summed E-state index contributed by atoms with van der Waals surface area (Å²) in [4.78, 5) is 0. The Morgan fingerprint density at radius 1 is 1.33 bits per heavy atom. The fraction of sp³-hybridized carbons (Fsp3) is 0.500. The van der Waals surface area contributed by atoms with E-state index in [1.165, 1.54) is 0 Å². The lowest BCUT2D eigenvalue weighted by molar-refractivity contribution is 0.287. The van der Waals surface area contributed by atoms with Crippen LogP contribution in [0, 0.1) is 0 Å². The maximum Gasteiger partial charge on any atom is 0.165 e. The van der Waals surface area contributed by atoms with Gasteiger partial charge in [-0.15, -0.1) is 11.6 Å². The predicted molar refractivity (Wildman–Crippen MR) is 63.0 cm³/mol. The van der Waals surface area contributed by atoms with Gasteiger partial charge in [-0.2, -0.15) is 0 Å². The maximum atomic E-state index is 5.81. The zero-order valence-electron chi connectivity index (χ0n) is 9.25. The third-order valence-corrected chi connectivity index (χ3v) is 2.45. The second kappa shape index (κ2) is 6.57. The lowest BCUT2D eigenvalue weighted by Crippen LogP contribution is -2.00. The third-order valence-electron chi connectivity index (χ3n) is 2.16. The van der Waals surface area contributed by atoms with Crippen LogP contribution >= 0.6 is 11.6 Å². The highest BCUT2D eigenvalue weighted by Crippen LogP contribution is 2.31. The van der Waals surface area contributed by atoms with Crippen LogP contribution in [0.5, 0.6) is 11.5 Å². The van der Waals surface area contributed by atoms with Gasteiger partial charge in [0.25, 0.3) is 0 Å². The molecular formula is C12H17ClO2. The van der Waals surface area contributed by atoms with Gasteiger partial charge in [0.2, 0.25) is 0 Å². The number of benzene rings is 1. The highest BCUT2D eigenvalue weighted by molar-refractivity contribution is 6.17. The van der Waals surface area contributed by atoms with E-state index in [1.54, 1.807) is 7.11 Å². The molecule has 0 aromatic heterocycles. The first-order valence-corrected chi connectivity index (χ1v) is 5.71. The number of para-hydroxylation sites is 1. The summed E-state index contributed by atoms with van der Waals surface area (Å²) >= 11 is 5.81. The largest absolute Gasteiger partial charge is 0.493 e. The van der Waals surface area contributed by atoms with Gasteiger partial charge in [-0.05, 0) is 12.5 Å². The topological polar surface area (TPSA) is 18.5 Å². The van der Waals surface area contributed by atoms with E-state index < -0.39 is 0 Å². The molecule has 0 saturated carbocycles. The summed E-state index contributed by atoms with van der Waals surface area (Å²) in [6.45, 7) is 2.86. The van der Waals surface area contributed by atoms with Crippen molar-refractivity contribution in [3.8, 4) is 11.5 Å². The molecule has 15 heavy (non-hydrogen) atoms. The summed E-state index contributed by atoms with van der Waals surface area (Å²) in [5.74, 6) is 1.97. The van der Waals surface area contributed by atoms with E-state index >= 15 is 0 Å². The molecular weight excluding hydrogens is 212 g/mol. The quantitative estimate of drug-likeness (QED) is 0.547. The Labute approximate surface area is 96.2 Å². The minimum atomic E-state index is 0.439. The summed E-state index contributed by atoms with van der Waals surface area (Å²) in [6, 6.07) is 5.78. The van der Waals surface area contributed by atoms with Gasteiger partial charge in [-0.1, -0.05) is 25.5 Å². The highest BCUT2D eigenvalue weighted by atomic mass is 35.5. The van der Waals surface area contributed by atoms with Crippen LogP contribution in [0.2, 0.25) is 0 Å². The minimum Gasteiger partial charge on any atom is -0.493 e. The summed E-state index contributed by atoms with van der Waals surface area (Å²) in [5, 5.41) is 0. The summed E-state index contributed by atoms with van der Waals surface area (Å²) < 4.78 is 10.9.